The van der Waals surface area contributed by atoms with Gasteiger partial charge in [-0.05, 0) is 36.8 Å². The second-order valence-electron chi connectivity index (χ2n) is 4.94. The first-order chi connectivity index (χ1) is 8.07. The van der Waals surface area contributed by atoms with Gasteiger partial charge in [0.05, 0.1) is 0 Å². The number of halogens is 1. The summed E-state index contributed by atoms with van der Waals surface area (Å²) in [5.74, 6) is 0.801. The van der Waals surface area contributed by atoms with Crippen LogP contribution in [0.2, 0.25) is 5.28 Å². The minimum atomic E-state index is 0.281. The van der Waals surface area contributed by atoms with E-state index in [1.165, 1.54) is 0 Å². The Morgan fingerprint density at radius 2 is 2.12 bits per heavy atom. The van der Waals surface area contributed by atoms with E-state index >= 15 is 0 Å². The molecule has 1 aliphatic heterocycles. The first-order valence-electron chi connectivity index (χ1n) is 5.90. The second kappa shape index (κ2) is 5.19. The van der Waals surface area contributed by atoms with Crippen molar-refractivity contribution in [2.24, 2.45) is 5.41 Å². The summed E-state index contributed by atoms with van der Waals surface area (Å²) in [6.45, 7) is 6.78. The second-order valence-corrected chi connectivity index (χ2v) is 5.28. The fourth-order valence-electron chi connectivity index (χ4n) is 1.97. The van der Waals surface area contributed by atoms with Gasteiger partial charge in [-0.3, -0.25) is 0 Å². The molecule has 0 unspecified atom stereocenters. The summed E-state index contributed by atoms with van der Waals surface area (Å²) < 4.78 is 5.38. The van der Waals surface area contributed by atoms with Crippen molar-refractivity contribution in [2.75, 3.05) is 25.1 Å². The predicted molar refractivity (Wildman–Crippen MR) is 68.4 cm³/mol. The molecule has 0 aromatic carbocycles. The highest BCUT2D eigenvalue weighted by Gasteiger charge is 2.27. The van der Waals surface area contributed by atoms with Crippen LogP contribution >= 0.6 is 11.6 Å². The van der Waals surface area contributed by atoms with Crippen LogP contribution in [0, 0.1) is 12.3 Å². The standard InChI is InChI=1S/C12H18ClN3O/c1-9-7-10(16-11(13)15-9)14-8-12(2)3-5-17-6-4-12/h7H,3-6,8H2,1-2H3,(H,14,15,16). The Balaban J connectivity index is 1.96. The maximum Gasteiger partial charge on any atom is 0.224 e. The number of anilines is 1. The van der Waals surface area contributed by atoms with E-state index in [0.29, 0.717) is 5.28 Å². The quantitative estimate of drug-likeness (QED) is 0.844. The Morgan fingerprint density at radius 3 is 2.76 bits per heavy atom. The molecule has 0 amide bonds. The molecule has 0 spiro atoms. The SMILES string of the molecule is Cc1cc(NCC2(C)CCOCC2)nc(Cl)n1. The highest BCUT2D eigenvalue weighted by atomic mass is 35.5. The van der Waals surface area contributed by atoms with E-state index in [0.717, 1.165) is 44.1 Å². The summed E-state index contributed by atoms with van der Waals surface area (Å²) in [5, 5.41) is 3.64. The molecule has 2 heterocycles. The zero-order chi connectivity index (χ0) is 12.3. The Labute approximate surface area is 107 Å². The van der Waals surface area contributed by atoms with E-state index in [4.69, 9.17) is 16.3 Å². The zero-order valence-electron chi connectivity index (χ0n) is 10.3. The Hall–Kier alpha value is -0.870. The third kappa shape index (κ3) is 3.54. The van der Waals surface area contributed by atoms with Crippen molar-refractivity contribution >= 4 is 17.4 Å². The number of ether oxygens (including phenoxy) is 1. The Morgan fingerprint density at radius 1 is 1.41 bits per heavy atom. The molecule has 1 aromatic rings. The van der Waals surface area contributed by atoms with E-state index in [1.54, 1.807) is 0 Å². The van der Waals surface area contributed by atoms with Crippen molar-refractivity contribution in [3.8, 4) is 0 Å². The molecule has 0 aliphatic carbocycles. The lowest BCUT2D eigenvalue weighted by molar-refractivity contribution is 0.0300. The monoisotopic (exact) mass is 255 g/mol. The molecule has 0 radical (unpaired) electrons. The lowest BCUT2D eigenvalue weighted by Gasteiger charge is -2.33. The van der Waals surface area contributed by atoms with Crippen molar-refractivity contribution in [3.63, 3.8) is 0 Å². The third-order valence-electron chi connectivity index (χ3n) is 3.22. The number of aromatic nitrogens is 2. The van der Waals surface area contributed by atoms with Gasteiger partial charge in [-0.2, -0.15) is 0 Å². The molecule has 1 saturated heterocycles. The summed E-state index contributed by atoms with van der Waals surface area (Å²) in [5.41, 5.74) is 1.16. The zero-order valence-corrected chi connectivity index (χ0v) is 11.0. The maximum atomic E-state index is 5.82. The predicted octanol–water partition coefficient (Wildman–Crippen LogP) is 2.67. The average Bonchev–Trinajstić information content (AvgIpc) is 2.26. The fourth-order valence-corrected chi connectivity index (χ4v) is 2.19. The van der Waals surface area contributed by atoms with Gasteiger partial charge in [0.2, 0.25) is 5.28 Å². The summed E-state index contributed by atoms with van der Waals surface area (Å²) in [7, 11) is 0. The molecule has 4 nitrogen and oxygen atoms in total. The molecule has 94 valence electrons. The molecule has 2 rings (SSSR count). The van der Waals surface area contributed by atoms with E-state index < -0.39 is 0 Å². The van der Waals surface area contributed by atoms with Crippen LogP contribution in [0.15, 0.2) is 6.07 Å². The highest BCUT2D eigenvalue weighted by Crippen LogP contribution is 2.29. The van der Waals surface area contributed by atoms with Crippen LogP contribution in [0.25, 0.3) is 0 Å². The largest absolute Gasteiger partial charge is 0.381 e. The highest BCUT2D eigenvalue weighted by molar-refractivity contribution is 6.28. The van der Waals surface area contributed by atoms with Crippen LogP contribution in [0.5, 0.6) is 0 Å². The summed E-state index contributed by atoms with van der Waals surface area (Å²) in [6, 6.07) is 1.91. The van der Waals surface area contributed by atoms with Gasteiger partial charge in [-0.25, -0.2) is 9.97 Å². The number of nitrogens with zero attached hydrogens (tertiary/aromatic N) is 2. The van der Waals surface area contributed by atoms with Gasteiger partial charge in [0.25, 0.3) is 0 Å². The molecule has 5 heteroatoms. The number of rotatable bonds is 3. The van der Waals surface area contributed by atoms with Gasteiger partial charge >= 0.3 is 0 Å². The van der Waals surface area contributed by atoms with E-state index in [1.807, 2.05) is 13.0 Å². The molecule has 1 N–H and O–H groups in total. The van der Waals surface area contributed by atoms with Gasteiger partial charge in [0, 0.05) is 31.5 Å². The first kappa shape index (κ1) is 12.6. The van der Waals surface area contributed by atoms with Crippen LogP contribution in [-0.2, 0) is 4.74 Å². The van der Waals surface area contributed by atoms with Crippen molar-refractivity contribution < 1.29 is 4.74 Å². The van der Waals surface area contributed by atoms with Gasteiger partial charge < -0.3 is 10.1 Å². The minimum Gasteiger partial charge on any atom is -0.381 e. The Bertz CT molecular complexity index is 371. The molecule has 1 aromatic heterocycles. The molecule has 0 bridgehead atoms. The van der Waals surface area contributed by atoms with Crippen molar-refractivity contribution in [3.05, 3.63) is 17.0 Å². The number of hydrogen-bond acceptors (Lipinski definition) is 4. The molecular formula is C12H18ClN3O. The molecule has 17 heavy (non-hydrogen) atoms. The van der Waals surface area contributed by atoms with E-state index in [9.17, 15) is 0 Å². The van der Waals surface area contributed by atoms with Gasteiger partial charge in [-0.15, -0.1) is 0 Å². The smallest absolute Gasteiger partial charge is 0.224 e. The van der Waals surface area contributed by atoms with Gasteiger partial charge in [-0.1, -0.05) is 6.92 Å². The number of hydrogen-bond donors (Lipinski definition) is 1. The van der Waals surface area contributed by atoms with Crippen LogP contribution in [0.4, 0.5) is 5.82 Å². The van der Waals surface area contributed by atoms with Crippen LogP contribution in [0.1, 0.15) is 25.5 Å². The summed E-state index contributed by atoms with van der Waals surface area (Å²) >= 11 is 5.82. The fraction of sp³-hybridized carbons (Fsp3) is 0.667. The summed E-state index contributed by atoms with van der Waals surface area (Å²) in [6.07, 6.45) is 2.16. The Kier molecular flexibility index (Phi) is 3.84. The molecule has 1 fully saturated rings. The van der Waals surface area contributed by atoms with Gasteiger partial charge in [0.1, 0.15) is 5.82 Å². The molecule has 0 saturated carbocycles. The van der Waals surface area contributed by atoms with Crippen molar-refractivity contribution in [2.45, 2.75) is 26.7 Å². The third-order valence-corrected chi connectivity index (χ3v) is 3.39. The average molecular weight is 256 g/mol. The number of aryl methyl sites for hydroxylation is 1. The van der Waals surface area contributed by atoms with Gasteiger partial charge in [0.15, 0.2) is 0 Å². The minimum absolute atomic E-state index is 0.281. The van der Waals surface area contributed by atoms with E-state index in [2.05, 4.69) is 22.2 Å². The van der Waals surface area contributed by atoms with E-state index in [-0.39, 0.29) is 5.41 Å². The first-order valence-corrected chi connectivity index (χ1v) is 6.28. The lowest BCUT2D eigenvalue weighted by atomic mass is 9.82. The van der Waals surface area contributed by atoms with Crippen molar-refractivity contribution in [1.82, 2.24) is 9.97 Å². The van der Waals surface area contributed by atoms with Crippen LogP contribution in [0.3, 0.4) is 0 Å². The topological polar surface area (TPSA) is 47.0 Å². The van der Waals surface area contributed by atoms with Crippen LogP contribution < -0.4 is 5.32 Å². The normalized spacial score (nSPS) is 19.0. The lowest BCUT2D eigenvalue weighted by Crippen LogP contribution is -2.33. The molecule has 1 aliphatic rings. The maximum absolute atomic E-state index is 5.82. The van der Waals surface area contributed by atoms with Crippen LogP contribution in [-0.4, -0.2) is 29.7 Å². The molecule has 0 atom stereocenters. The number of nitrogens with one attached hydrogen (secondary N) is 1. The summed E-state index contributed by atoms with van der Waals surface area (Å²) in [4.78, 5) is 8.20. The molecular weight excluding hydrogens is 238 g/mol. The van der Waals surface area contributed by atoms with Crippen molar-refractivity contribution in [1.29, 1.82) is 0 Å².